The largest absolute Gasteiger partial charge is 0.748 e. The predicted octanol–water partition coefficient (Wildman–Crippen LogP) is -1.42. The van der Waals surface area contributed by atoms with E-state index in [4.69, 9.17) is 0 Å². The van der Waals surface area contributed by atoms with Gasteiger partial charge in [0.05, 0.1) is 24.4 Å². The first-order chi connectivity index (χ1) is 8.87. The summed E-state index contributed by atoms with van der Waals surface area (Å²) in [5.74, 6) is -0.430. The number of quaternary nitrogens is 1. The number of amides is 1. The smallest absolute Gasteiger partial charge is 0.344 e. The fourth-order valence-corrected chi connectivity index (χ4v) is 2.18. The highest BCUT2D eigenvalue weighted by Gasteiger charge is 2.18. The number of rotatable bonds is 6. The van der Waals surface area contributed by atoms with Crippen molar-refractivity contribution in [1.29, 1.82) is 0 Å². The Bertz CT molecular complexity index is 521. The van der Waals surface area contributed by atoms with Gasteiger partial charge in [-0.1, -0.05) is 0 Å². The Hall–Kier alpha value is -1.31. The van der Waals surface area contributed by atoms with Gasteiger partial charge in [0.1, 0.15) is 10.1 Å². The van der Waals surface area contributed by atoms with Gasteiger partial charge in [-0.25, -0.2) is 17.8 Å². The number of nitrogens with one attached hydrogen (secondary N) is 1. The highest BCUT2D eigenvalue weighted by molar-refractivity contribution is 7.85. The molecule has 7 heteroatoms. The Morgan fingerprint density at radius 1 is 1.26 bits per heavy atom. The molecule has 1 amide bonds. The van der Waals surface area contributed by atoms with Crippen LogP contribution < -0.4 is 9.47 Å². The molecule has 1 N–H and O–H groups in total. The molecule has 0 fully saturated rings. The third-order valence-electron chi connectivity index (χ3n) is 2.93. The third kappa shape index (κ3) is 5.06. The highest BCUT2D eigenvalue weighted by atomic mass is 32.2. The highest BCUT2D eigenvalue weighted by Crippen LogP contribution is 1.93. The number of pyridine rings is 1. The van der Waals surface area contributed by atoms with E-state index in [2.05, 4.69) is 0 Å². The third-order valence-corrected chi connectivity index (χ3v) is 3.61. The average molecular weight is 287 g/mol. The van der Waals surface area contributed by atoms with Crippen LogP contribution in [-0.2, 0) is 16.7 Å². The quantitative estimate of drug-likeness (QED) is 0.514. The van der Waals surface area contributed by atoms with Crippen molar-refractivity contribution in [2.75, 3.05) is 18.8 Å². The van der Waals surface area contributed by atoms with Crippen LogP contribution in [0.1, 0.15) is 24.2 Å². The van der Waals surface area contributed by atoms with Gasteiger partial charge in [0.25, 0.3) is 0 Å². The standard InChI is InChI=1S/C12H18N2O4S/c1-3-14(4-2)12(15)11-5-7-13(8-6-11)9-10-19(16,17)18/h5-8H,3-4,9-10H2,1-2H3/p+1. The van der Waals surface area contributed by atoms with Crippen molar-refractivity contribution in [1.82, 2.24) is 0 Å². The first kappa shape index (κ1) is 15.7. The van der Waals surface area contributed by atoms with E-state index in [9.17, 15) is 17.8 Å². The molecule has 0 spiro atoms. The Balaban J connectivity index is 2.73. The van der Waals surface area contributed by atoms with E-state index in [0.717, 1.165) is 18.0 Å². The number of aromatic nitrogens is 1. The number of nitrogens with zero attached hydrogens (tertiary/aromatic N) is 1. The Morgan fingerprint density at radius 2 is 1.79 bits per heavy atom. The zero-order valence-corrected chi connectivity index (χ0v) is 11.9. The van der Waals surface area contributed by atoms with Crippen molar-refractivity contribution in [3.63, 3.8) is 0 Å². The van der Waals surface area contributed by atoms with Crippen molar-refractivity contribution in [3.05, 3.63) is 30.1 Å². The molecule has 1 aromatic rings. The number of hydrogen-bond acceptors (Lipinski definition) is 4. The van der Waals surface area contributed by atoms with Crippen LogP contribution in [0, 0.1) is 0 Å². The molecule has 0 aliphatic rings. The van der Waals surface area contributed by atoms with E-state index in [1.807, 2.05) is 13.8 Å². The lowest BCUT2D eigenvalue weighted by Gasteiger charge is -2.11. The van der Waals surface area contributed by atoms with Crippen LogP contribution in [-0.4, -0.2) is 37.7 Å². The van der Waals surface area contributed by atoms with Crippen LogP contribution >= 0.6 is 0 Å². The maximum absolute atomic E-state index is 12.0. The average Bonchev–Trinajstić information content (AvgIpc) is 2.37. The minimum atomic E-state index is -4.21. The molecule has 0 aliphatic heterocycles. The second kappa shape index (κ2) is 6.74. The molecule has 19 heavy (non-hydrogen) atoms. The summed E-state index contributed by atoms with van der Waals surface area (Å²) < 4.78 is 33.1. The van der Waals surface area contributed by atoms with Crippen molar-refractivity contribution in [2.45, 2.75) is 20.4 Å². The summed E-state index contributed by atoms with van der Waals surface area (Å²) in [6, 6.07) is 3.29. The Kier molecular flexibility index (Phi) is 5.59. The summed E-state index contributed by atoms with van der Waals surface area (Å²) >= 11 is 0. The molecule has 6 nitrogen and oxygen atoms in total. The molecule has 0 radical (unpaired) electrons. The monoisotopic (exact) mass is 287 g/mol. The van der Waals surface area contributed by atoms with Crippen molar-refractivity contribution in [3.8, 4) is 0 Å². The molecule has 0 atom stereocenters. The van der Waals surface area contributed by atoms with Crippen LogP contribution in [0.4, 0.5) is 0 Å². The van der Waals surface area contributed by atoms with Crippen LogP contribution in [0.2, 0.25) is 0 Å². The molecule has 1 aromatic heterocycles. The Labute approximate surface area is 113 Å². The maximum Gasteiger partial charge on any atom is 0.344 e. The van der Waals surface area contributed by atoms with Crippen molar-refractivity contribution < 1.29 is 27.2 Å². The van der Waals surface area contributed by atoms with Gasteiger partial charge in [-0.2, -0.15) is 0 Å². The number of hydrogen-bond donors (Lipinski definition) is 1. The number of aryl methyl sites for hydroxylation is 1. The molecular formula is C12H19N2O4S+. The normalized spacial score (nSPS) is 11.8. The van der Waals surface area contributed by atoms with Crippen molar-refractivity contribution in [2.24, 2.45) is 0 Å². The fraction of sp³-hybridized carbons (Fsp3) is 0.500. The molecule has 0 unspecified atom stereocenters. The first-order valence-corrected chi connectivity index (χ1v) is 7.77. The van der Waals surface area contributed by atoms with Gasteiger partial charge in [-0.05, 0) is 13.8 Å². The summed E-state index contributed by atoms with van der Waals surface area (Å²) in [6.45, 7) is 5.42. The summed E-state index contributed by atoms with van der Waals surface area (Å²) in [4.78, 5) is 12.9. The van der Waals surface area contributed by atoms with E-state index in [1.165, 1.54) is 0 Å². The van der Waals surface area contributed by atoms with Gasteiger partial charge in [0.2, 0.25) is 0 Å². The van der Waals surface area contributed by atoms with Crippen LogP contribution in [0.3, 0.4) is 0 Å². The second-order valence-corrected chi connectivity index (χ2v) is 5.75. The van der Waals surface area contributed by atoms with Gasteiger partial charge < -0.3 is 4.55 Å². The molecule has 1 rings (SSSR count). The molecule has 106 valence electrons. The summed E-state index contributed by atoms with van der Waals surface area (Å²) in [5, 5.41) is 0. The van der Waals surface area contributed by atoms with Gasteiger partial charge in [-0.3, -0.25) is 4.90 Å². The molecule has 0 bridgehead atoms. The number of carbonyl (C=O) groups excluding carboxylic acids is 1. The zero-order valence-electron chi connectivity index (χ0n) is 11.1. The SMILES string of the molecule is CC[NH+](CC)C(=O)c1cc[n+](CCS(=O)(=O)[O-])cc1. The fourth-order valence-electron chi connectivity index (χ4n) is 1.75. The predicted molar refractivity (Wildman–Crippen MR) is 67.6 cm³/mol. The molecule has 0 saturated carbocycles. The van der Waals surface area contributed by atoms with Gasteiger partial charge in [0.15, 0.2) is 18.9 Å². The van der Waals surface area contributed by atoms with Crippen molar-refractivity contribution >= 4 is 16.0 Å². The summed E-state index contributed by atoms with van der Waals surface area (Å²) in [7, 11) is -4.21. The molecular weight excluding hydrogens is 268 g/mol. The summed E-state index contributed by atoms with van der Waals surface area (Å²) in [5.41, 5.74) is 0.583. The lowest BCUT2D eigenvalue weighted by Crippen LogP contribution is -3.14. The van der Waals surface area contributed by atoms with E-state index < -0.39 is 15.9 Å². The van der Waals surface area contributed by atoms with Gasteiger partial charge >= 0.3 is 5.91 Å². The molecule has 0 aliphatic carbocycles. The van der Waals surface area contributed by atoms with Crippen LogP contribution in [0.15, 0.2) is 24.5 Å². The second-order valence-electron chi connectivity index (χ2n) is 4.23. The minimum absolute atomic E-state index is 0.0218. The zero-order chi connectivity index (χ0) is 14.5. The molecule has 1 heterocycles. The number of carbonyl (C=O) groups is 1. The molecule has 0 saturated heterocycles. The summed E-state index contributed by atoms with van der Waals surface area (Å²) in [6.07, 6.45) is 3.22. The Morgan fingerprint density at radius 3 is 2.21 bits per heavy atom. The van der Waals surface area contributed by atoms with Gasteiger partial charge in [-0.15, -0.1) is 0 Å². The van der Waals surface area contributed by atoms with E-state index in [1.54, 1.807) is 29.1 Å². The van der Waals surface area contributed by atoms with E-state index in [-0.39, 0.29) is 12.5 Å². The van der Waals surface area contributed by atoms with Crippen LogP contribution in [0.25, 0.3) is 0 Å². The molecule has 0 aromatic carbocycles. The van der Waals surface area contributed by atoms with E-state index >= 15 is 0 Å². The lowest BCUT2D eigenvalue weighted by atomic mass is 10.2. The lowest BCUT2D eigenvalue weighted by molar-refractivity contribution is -0.809. The topological polar surface area (TPSA) is 82.6 Å². The minimum Gasteiger partial charge on any atom is -0.748 e. The van der Waals surface area contributed by atoms with Gasteiger partial charge in [0, 0.05) is 12.1 Å². The maximum atomic E-state index is 12.0. The van der Waals surface area contributed by atoms with Crippen LogP contribution in [0.5, 0.6) is 0 Å². The van der Waals surface area contributed by atoms with E-state index in [0.29, 0.717) is 5.56 Å². The first-order valence-electron chi connectivity index (χ1n) is 6.19.